The van der Waals surface area contributed by atoms with E-state index >= 15 is 0 Å². The van der Waals surface area contributed by atoms with Gasteiger partial charge in [-0.05, 0) is 56.5 Å². The van der Waals surface area contributed by atoms with Crippen LogP contribution in [0.25, 0.3) is 16.6 Å². The Kier molecular flexibility index (Phi) is 6.24. The minimum atomic E-state index is 0.431. The molecule has 1 saturated heterocycles. The Labute approximate surface area is 194 Å². The smallest absolute Gasteiger partial charge is 0.241 e. The molecule has 9 heteroatoms. The first-order valence-electron chi connectivity index (χ1n) is 11.9. The Morgan fingerprint density at radius 1 is 1.06 bits per heavy atom. The molecule has 33 heavy (non-hydrogen) atoms. The average molecular weight is 448 g/mol. The quantitative estimate of drug-likeness (QED) is 0.493. The Morgan fingerprint density at radius 3 is 2.58 bits per heavy atom. The molecule has 3 N–H and O–H groups in total. The number of nitrogens with zero attached hydrogens (tertiary/aromatic N) is 6. The van der Waals surface area contributed by atoms with Crippen LogP contribution in [0, 0.1) is 5.53 Å². The zero-order valence-corrected chi connectivity index (χ0v) is 19.5. The van der Waals surface area contributed by atoms with Crippen LogP contribution in [0.3, 0.4) is 0 Å². The summed E-state index contributed by atoms with van der Waals surface area (Å²) in [5, 5.41) is 15.0. The van der Waals surface area contributed by atoms with Crippen LogP contribution < -0.4 is 10.6 Å². The van der Waals surface area contributed by atoms with E-state index in [9.17, 15) is 0 Å². The van der Waals surface area contributed by atoms with Crippen LogP contribution in [0.1, 0.15) is 25.7 Å². The topological polar surface area (TPSA) is 96.9 Å². The predicted molar refractivity (Wildman–Crippen MR) is 132 cm³/mol. The standard InChI is InChI=1S/C24H33N9/c1-26-22-15-17(3-8-21(22)29-25)20-9-10-33-23(20)16-27-24(30-33)28-18-4-6-19(7-5-18)32-13-11-31(2)12-14-32/h3,8-10,15-16,18-19,25-26H,4-7,11-14H2,1-2H3,(H,28,30). The van der Waals surface area contributed by atoms with E-state index in [1.807, 2.05) is 42.2 Å². The molecule has 0 atom stereocenters. The second-order valence-corrected chi connectivity index (χ2v) is 9.22. The number of rotatable bonds is 6. The molecule has 1 aromatic carbocycles. The van der Waals surface area contributed by atoms with E-state index in [1.165, 1.54) is 39.0 Å². The molecule has 2 aromatic heterocycles. The molecule has 1 aliphatic carbocycles. The van der Waals surface area contributed by atoms with Crippen molar-refractivity contribution in [2.45, 2.75) is 37.8 Å². The van der Waals surface area contributed by atoms with Gasteiger partial charge in [-0.1, -0.05) is 6.07 Å². The van der Waals surface area contributed by atoms with Gasteiger partial charge >= 0.3 is 0 Å². The largest absolute Gasteiger partial charge is 0.386 e. The first-order valence-corrected chi connectivity index (χ1v) is 11.9. The summed E-state index contributed by atoms with van der Waals surface area (Å²) >= 11 is 0. The molecular formula is C24H33N9. The van der Waals surface area contributed by atoms with Crippen molar-refractivity contribution < 1.29 is 0 Å². The SMILES string of the molecule is CNc1cc(-c2ccn3nc(NC4CCC(N5CCN(C)CC5)CC4)ncc23)ccc1N=N. The van der Waals surface area contributed by atoms with Gasteiger partial charge in [0.2, 0.25) is 5.95 Å². The van der Waals surface area contributed by atoms with Crippen LogP contribution in [0.4, 0.5) is 17.3 Å². The van der Waals surface area contributed by atoms with Crippen molar-refractivity contribution in [3.8, 4) is 11.1 Å². The van der Waals surface area contributed by atoms with Crippen LogP contribution in [-0.2, 0) is 0 Å². The van der Waals surface area contributed by atoms with Crippen LogP contribution in [0.5, 0.6) is 0 Å². The second kappa shape index (κ2) is 9.44. The van der Waals surface area contributed by atoms with Crippen molar-refractivity contribution in [1.82, 2.24) is 24.4 Å². The molecule has 2 fully saturated rings. The fourth-order valence-corrected chi connectivity index (χ4v) is 5.17. The minimum absolute atomic E-state index is 0.431. The lowest BCUT2D eigenvalue weighted by atomic mass is 9.90. The maximum absolute atomic E-state index is 7.31. The number of hydrogen-bond acceptors (Lipinski definition) is 8. The van der Waals surface area contributed by atoms with Gasteiger partial charge in [0, 0.05) is 57.1 Å². The van der Waals surface area contributed by atoms with Crippen molar-refractivity contribution in [2.75, 3.05) is 50.9 Å². The average Bonchev–Trinajstić information content (AvgIpc) is 3.28. The lowest BCUT2D eigenvalue weighted by Crippen LogP contribution is -2.50. The summed E-state index contributed by atoms with van der Waals surface area (Å²) < 4.78 is 1.89. The van der Waals surface area contributed by atoms with Gasteiger partial charge in [0.1, 0.15) is 5.69 Å². The highest BCUT2D eigenvalue weighted by Gasteiger charge is 2.28. The number of aromatic nitrogens is 3. The molecule has 1 aliphatic heterocycles. The third-order valence-corrected chi connectivity index (χ3v) is 7.20. The van der Waals surface area contributed by atoms with Gasteiger partial charge < -0.3 is 15.5 Å². The van der Waals surface area contributed by atoms with Crippen LogP contribution in [-0.4, -0.2) is 76.8 Å². The molecule has 2 aliphatic rings. The van der Waals surface area contributed by atoms with Gasteiger partial charge in [0.05, 0.1) is 17.4 Å². The molecule has 1 saturated carbocycles. The fraction of sp³-hybridized carbons (Fsp3) is 0.500. The summed E-state index contributed by atoms with van der Waals surface area (Å²) in [6, 6.07) is 9.06. The lowest BCUT2D eigenvalue weighted by Gasteiger charge is -2.41. The highest BCUT2D eigenvalue weighted by Crippen LogP contribution is 2.33. The number of fused-ring (bicyclic) bond motifs is 1. The zero-order valence-electron chi connectivity index (χ0n) is 19.5. The fourth-order valence-electron chi connectivity index (χ4n) is 5.17. The molecule has 0 unspecified atom stereocenters. The van der Waals surface area contributed by atoms with E-state index < -0.39 is 0 Å². The molecule has 3 heterocycles. The third-order valence-electron chi connectivity index (χ3n) is 7.20. The van der Waals surface area contributed by atoms with Gasteiger partial charge in [0.25, 0.3) is 0 Å². The van der Waals surface area contributed by atoms with Gasteiger partial charge in [0.15, 0.2) is 0 Å². The van der Waals surface area contributed by atoms with Crippen LogP contribution >= 0.6 is 0 Å². The second-order valence-electron chi connectivity index (χ2n) is 9.22. The van der Waals surface area contributed by atoms with Crippen LogP contribution in [0.2, 0.25) is 0 Å². The van der Waals surface area contributed by atoms with Crippen molar-refractivity contribution in [1.29, 1.82) is 5.53 Å². The molecule has 174 valence electrons. The Balaban J connectivity index is 1.24. The summed E-state index contributed by atoms with van der Waals surface area (Å²) in [4.78, 5) is 9.74. The van der Waals surface area contributed by atoms with E-state index in [-0.39, 0.29) is 0 Å². The highest BCUT2D eigenvalue weighted by atomic mass is 15.3. The van der Waals surface area contributed by atoms with Gasteiger partial charge in [-0.15, -0.1) is 5.10 Å². The van der Waals surface area contributed by atoms with Crippen molar-refractivity contribution in [3.63, 3.8) is 0 Å². The van der Waals surface area contributed by atoms with E-state index in [0.29, 0.717) is 17.7 Å². The highest BCUT2D eigenvalue weighted by molar-refractivity contribution is 5.84. The van der Waals surface area contributed by atoms with E-state index in [1.54, 1.807) is 0 Å². The number of anilines is 2. The van der Waals surface area contributed by atoms with Crippen molar-refractivity contribution in [2.24, 2.45) is 5.11 Å². The maximum atomic E-state index is 7.31. The Bertz CT molecular complexity index is 1110. The van der Waals surface area contributed by atoms with E-state index in [0.717, 1.165) is 41.2 Å². The summed E-state index contributed by atoms with van der Waals surface area (Å²) in [5.41, 5.74) is 11.8. The number of piperazine rings is 1. The molecule has 0 spiro atoms. The zero-order chi connectivity index (χ0) is 22.8. The first-order chi connectivity index (χ1) is 16.1. The molecule has 3 aromatic rings. The minimum Gasteiger partial charge on any atom is -0.386 e. The first kappa shape index (κ1) is 21.8. The monoisotopic (exact) mass is 447 g/mol. The Morgan fingerprint density at radius 2 is 1.85 bits per heavy atom. The maximum Gasteiger partial charge on any atom is 0.241 e. The molecule has 0 amide bonds. The molecule has 0 radical (unpaired) electrons. The third kappa shape index (κ3) is 4.56. The Hall–Kier alpha value is -3.04. The number of hydrogen-bond donors (Lipinski definition) is 3. The van der Waals surface area contributed by atoms with Crippen molar-refractivity contribution >= 4 is 22.8 Å². The summed E-state index contributed by atoms with van der Waals surface area (Å²) in [6.07, 6.45) is 8.68. The van der Waals surface area contributed by atoms with Crippen molar-refractivity contribution in [3.05, 3.63) is 36.7 Å². The number of benzene rings is 1. The van der Waals surface area contributed by atoms with Crippen LogP contribution in [0.15, 0.2) is 41.8 Å². The van der Waals surface area contributed by atoms with Gasteiger partial charge in [-0.3, -0.25) is 4.90 Å². The summed E-state index contributed by atoms with van der Waals surface area (Å²) in [6.45, 7) is 4.77. The summed E-state index contributed by atoms with van der Waals surface area (Å²) in [7, 11) is 4.05. The predicted octanol–water partition coefficient (Wildman–Crippen LogP) is 4.07. The molecule has 5 rings (SSSR count). The molecule has 0 bridgehead atoms. The normalized spacial score (nSPS) is 22.4. The summed E-state index contributed by atoms with van der Waals surface area (Å²) in [5.74, 6) is 0.687. The van der Waals surface area contributed by atoms with Gasteiger partial charge in [-0.25, -0.2) is 15.0 Å². The lowest BCUT2D eigenvalue weighted by molar-refractivity contribution is 0.0893. The van der Waals surface area contributed by atoms with E-state index in [4.69, 9.17) is 10.6 Å². The molecule has 9 nitrogen and oxygen atoms in total. The van der Waals surface area contributed by atoms with E-state index in [2.05, 4.69) is 43.6 Å². The molecular weight excluding hydrogens is 414 g/mol. The number of nitrogens with one attached hydrogen (secondary N) is 3. The van der Waals surface area contributed by atoms with Gasteiger partial charge in [-0.2, -0.15) is 5.11 Å². The number of likely N-dealkylation sites (N-methyl/N-ethyl adjacent to an activating group) is 1.